The molecule has 0 radical (unpaired) electrons. The maximum atomic E-state index is 13.7. The van der Waals surface area contributed by atoms with Crippen LogP contribution in [-0.2, 0) is 16.0 Å². The Labute approximate surface area is 142 Å². The molecule has 1 heterocycles. The summed E-state index contributed by atoms with van der Waals surface area (Å²) in [6.07, 6.45) is 3.70. The van der Waals surface area contributed by atoms with Crippen LogP contribution in [0.2, 0.25) is 0 Å². The van der Waals surface area contributed by atoms with Gasteiger partial charge in [-0.2, -0.15) is 0 Å². The number of halogens is 1. The number of fused-ring (bicyclic) bond motifs is 3. The number of benzene rings is 1. The van der Waals surface area contributed by atoms with Gasteiger partial charge in [0.2, 0.25) is 5.91 Å². The minimum absolute atomic E-state index is 0.0353. The van der Waals surface area contributed by atoms with Crippen molar-refractivity contribution in [2.24, 2.45) is 16.7 Å². The summed E-state index contributed by atoms with van der Waals surface area (Å²) >= 11 is 0. The van der Waals surface area contributed by atoms with Gasteiger partial charge in [0.05, 0.1) is 0 Å². The zero-order valence-corrected chi connectivity index (χ0v) is 14.6. The molecule has 0 N–H and O–H groups in total. The second-order valence-corrected chi connectivity index (χ2v) is 8.33. The number of anilines is 1. The summed E-state index contributed by atoms with van der Waals surface area (Å²) < 4.78 is 13.6. The highest BCUT2D eigenvalue weighted by Crippen LogP contribution is 2.64. The number of carbonyl (C=O) groups is 2. The molecule has 1 aliphatic heterocycles. The van der Waals surface area contributed by atoms with E-state index in [4.69, 9.17) is 0 Å². The molecule has 4 rings (SSSR count). The summed E-state index contributed by atoms with van der Waals surface area (Å²) in [6.45, 7) is 6.18. The highest BCUT2D eigenvalue weighted by atomic mass is 19.1. The number of rotatable bonds is 1. The fraction of sp³-hybridized carbons (Fsp3) is 0.600. The molecule has 2 bridgehead atoms. The van der Waals surface area contributed by atoms with Crippen LogP contribution in [0.4, 0.5) is 10.1 Å². The summed E-state index contributed by atoms with van der Waals surface area (Å²) in [5, 5.41) is 0. The molecule has 0 saturated heterocycles. The van der Waals surface area contributed by atoms with Crippen molar-refractivity contribution in [3.63, 3.8) is 0 Å². The molecular weight excluding hydrogens is 305 g/mol. The predicted octanol–water partition coefficient (Wildman–Crippen LogP) is 3.89. The smallest absolute Gasteiger partial charge is 0.241 e. The molecule has 1 aromatic rings. The van der Waals surface area contributed by atoms with Crippen LogP contribution in [0.15, 0.2) is 18.2 Å². The largest absolute Gasteiger partial charge is 0.308 e. The van der Waals surface area contributed by atoms with Crippen molar-refractivity contribution in [3.8, 4) is 0 Å². The fourth-order valence-corrected chi connectivity index (χ4v) is 5.41. The van der Waals surface area contributed by atoms with Crippen LogP contribution >= 0.6 is 0 Å². The number of Topliss-reactive ketones (excluding diaryl/α,β-unsaturated/α-hetero) is 1. The van der Waals surface area contributed by atoms with Gasteiger partial charge < -0.3 is 4.90 Å². The average molecular weight is 329 g/mol. The molecule has 4 heteroatoms. The highest BCUT2D eigenvalue weighted by Gasteiger charge is 2.69. The van der Waals surface area contributed by atoms with E-state index >= 15 is 0 Å². The normalized spacial score (nSPS) is 33.7. The van der Waals surface area contributed by atoms with E-state index in [2.05, 4.69) is 13.8 Å². The Kier molecular flexibility index (Phi) is 3.23. The van der Waals surface area contributed by atoms with Crippen molar-refractivity contribution in [1.29, 1.82) is 0 Å². The van der Waals surface area contributed by atoms with Crippen LogP contribution in [-0.4, -0.2) is 17.7 Å². The van der Waals surface area contributed by atoms with E-state index in [0.29, 0.717) is 18.8 Å². The lowest BCUT2D eigenvalue weighted by Crippen LogP contribution is -2.55. The molecule has 3 atom stereocenters. The van der Waals surface area contributed by atoms with Gasteiger partial charge in [0.25, 0.3) is 0 Å². The number of nitrogens with zero attached hydrogens (tertiary/aromatic N) is 1. The van der Waals surface area contributed by atoms with E-state index in [1.807, 2.05) is 6.92 Å². The molecule has 3 aliphatic rings. The zero-order chi connectivity index (χ0) is 17.3. The van der Waals surface area contributed by atoms with E-state index in [1.165, 1.54) is 12.1 Å². The van der Waals surface area contributed by atoms with Gasteiger partial charge in [0.1, 0.15) is 17.0 Å². The van der Waals surface area contributed by atoms with Gasteiger partial charge in [-0.1, -0.05) is 13.8 Å². The molecule has 1 aromatic carbocycles. The minimum Gasteiger partial charge on any atom is -0.308 e. The Morgan fingerprint density at radius 2 is 2.04 bits per heavy atom. The molecule has 1 amide bonds. The van der Waals surface area contributed by atoms with Crippen molar-refractivity contribution < 1.29 is 14.0 Å². The van der Waals surface area contributed by atoms with Gasteiger partial charge >= 0.3 is 0 Å². The molecule has 128 valence electrons. The molecule has 2 fully saturated rings. The van der Waals surface area contributed by atoms with Crippen molar-refractivity contribution in [1.82, 2.24) is 0 Å². The van der Waals surface area contributed by atoms with Crippen LogP contribution in [0, 0.1) is 22.6 Å². The van der Waals surface area contributed by atoms with Crippen LogP contribution in [0.1, 0.15) is 52.0 Å². The lowest BCUT2D eigenvalue weighted by Gasteiger charge is -2.43. The second-order valence-electron chi connectivity index (χ2n) is 8.33. The lowest BCUT2D eigenvalue weighted by atomic mass is 9.67. The third kappa shape index (κ3) is 1.77. The second kappa shape index (κ2) is 4.90. The summed E-state index contributed by atoms with van der Waals surface area (Å²) in [6, 6.07) is 4.67. The monoisotopic (exact) mass is 329 g/mol. The first-order valence-electron chi connectivity index (χ1n) is 8.94. The Balaban J connectivity index is 1.82. The third-order valence-electron chi connectivity index (χ3n) is 7.05. The SMILES string of the molecule is C[C@H]1CCc2cc(F)ccc2N1C(=O)[C@@]12CC[C@@H](CC1=O)C2(C)C. The van der Waals surface area contributed by atoms with Gasteiger partial charge in [-0.15, -0.1) is 0 Å². The molecular formula is C20H24FNO2. The molecule has 2 saturated carbocycles. The fourth-order valence-electron chi connectivity index (χ4n) is 5.41. The standard InChI is InChI=1S/C20H24FNO2/c1-12-4-5-13-10-15(21)6-7-16(13)22(12)18(24)20-9-8-14(11-17(20)23)19(20,2)3/h6-7,10,12,14H,4-5,8-9,11H2,1-3H3/t12-,14-,20+/m0/s1. The van der Waals surface area contributed by atoms with Crippen LogP contribution < -0.4 is 4.90 Å². The first kappa shape index (κ1) is 15.8. The van der Waals surface area contributed by atoms with E-state index in [9.17, 15) is 14.0 Å². The van der Waals surface area contributed by atoms with Gasteiger partial charge in [-0.3, -0.25) is 9.59 Å². The quantitative estimate of drug-likeness (QED) is 0.733. The number of hydrogen-bond acceptors (Lipinski definition) is 2. The van der Waals surface area contributed by atoms with Crippen molar-refractivity contribution in [3.05, 3.63) is 29.6 Å². The Morgan fingerprint density at radius 1 is 1.29 bits per heavy atom. The first-order valence-corrected chi connectivity index (χ1v) is 8.94. The number of aryl methyl sites for hydroxylation is 1. The maximum absolute atomic E-state index is 13.7. The van der Waals surface area contributed by atoms with Gasteiger partial charge in [0.15, 0.2) is 0 Å². The maximum Gasteiger partial charge on any atom is 0.241 e. The van der Waals surface area contributed by atoms with E-state index in [-0.39, 0.29) is 29.0 Å². The van der Waals surface area contributed by atoms with Gasteiger partial charge in [-0.25, -0.2) is 4.39 Å². The average Bonchev–Trinajstić information content (AvgIpc) is 2.89. The molecule has 24 heavy (non-hydrogen) atoms. The summed E-state index contributed by atoms with van der Waals surface area (Å²) in [4.78, 5) is 28.3. The van der Waals surface area contributed by atoms with Crippen molar-refractivity contribution >= 4 is 17.4 Å². The number of ketones is 1. The van der Waals surface area contributed by atoms with Crippen LogP contribution in [0.25, 0.3) is 0 Å². The third-order valence-corrected chi connectivity index (χ3v) is 7.05. The topological polar surface area (TPSA) is 37.4 Å². The van der Waals surface area contributed by atoms with Crippen molar-refractivity contribution in [2.75, 3.05) is 4.90 Å². The molecule has 3 nitrogen and oxygen atoms in total. The summed E-state index contributed by atoms with van der Waals surface area (Å²) in [7, 11) is 0. The number of hydrogen-bond donors (Lipinski definition) is 0. The predicted molar refractivity (Wildman–Crippen MR) is 90.2 cm³/mol. The highest BCUT2D eigenvalue weighted by molar-refractivity contribution is 6.15. The minimum atomic E-state index is -0.894. The van der Waals surface area contributed by atoms with Crippen LogP contribution in [0.5, 0.6) is 0 Å². The van der Waals surface area contributed by atoms with Crippen molar-refractivity contribution in [2.45, 2.75) is 58.9 Å². The lowest BCUT2D eigenvalue weighted by molar-refractivity contribution is -0.143. The van der Waals surface area contributed by atoms with Gasteiger partial charge in [-0.05, 0) is 67.7 Å². The Bertz CT molecular complexity index is 741. The van der Waals surface area contributed by atoms with E-state index in [1.54, 1.807) is 11.0 Å². The summed E-state index contributed by atoms with van der Waals surface area (Å²) in [5.41, 5.74) is 0.470. The van der Waals surface area contributed by atoms with Gasteiger partial charge in [0, 0.05) is 18.2 Å². The number of amides is 1. The summed E-state index contributed by atoms with van der Waals surface area (Å²) in [5.74, 6) is 0.0848. The Morgan fingerprint density at radius 3 is 2.67 bits per heavy atom. The van der Waals surface area contributed by atoms with E-state index < -0.39 is 5.41 Å². The molecule has 0 spiro atoms. The van der Waals surface area contributed by atoms with E-state index in [0.717, 1.165) is 30.5 Å². The molecule has 0 aromatic heterocycles. The first-order chi connectivity index (χ1) is 11.3. The molecule has 0 unspecified atom stereocenters. The van der Waals surface area contributed by atoms with Crippen LogP contribution in [0.3, 0.4) is 0 Å². The number of carbonyl (C=O) groups excluding carboxylic acids is 2. The zero-order valence-electron chi connectivity index (χ0n) is 14.6. The Hall–Kier alpha value is -1.71. The molecule has 2 aliphatic carbocycles.